The molecule has 4 N–H and O–H groups in total. The lowest BCUT2D eigenvalue weighted by atomic mass is 10.1. The lowest BCUT2D eigenvalue weighted by molar-refractivity contribution is 0.800. The first-order valence-electron chi connectivity index (χ1n) is 9.08. The molecule has 0 radical (unpaired) electrons. The number of aromatic nitrogens is 5. The Labute approximate surface area is 161 Å². The summed E-state index contributed by atoms with van der Waals surface area (Å²) < 4.78 is 0. The van der Waals surface area contributed by atoms with Gasteiger partial charge in [0.05, 0.1) is 11.7 Å². The minimum atomic E-state index is 0.682. The van der Waals surface area contributed by atoms with Crippen molar-refractivity contribution < 1.29 is 0 Å². The van der Waals surface area contributed by atoms with Crippen LogP contribution >= 0.6 is 0 Å². The summed E-state index contributed by atoms with van der Waals surface area (Å²) in [5, 5.41) is 15.7. The van der Waals surface area contributed by atoms with Crippen LogP contribution in [0.1, 0.15) is 5.69 Å². The third-order valence-corrected chi connectivity index (χ3v) is 4.67. The Morgan fingerprint density at radius 3 is 2.86 bits per heavy atom. The number of benzene rings is 2. The van der Waals surface area contributed by atoms with Crippen LogP contribution in [-0.4, -0.2) is 32.2 Å². The molecule has 2 aromatic carbocycles. The van der Waals surface area contributed by atoms with E-state index in [1.165, 1.54) is 5.39 Å². The maximum Gasteiger partial charge on any atom is 0.161 e. The molecular formula is C21H19N7. The predicted molar refractivity (Wildman–Crippen MR) is 111 cm³/mol. The fraction of sp³-hybridized carbons (Fsp3) is 0.0952. The van der Waals surface area contributed by atoms with Crippen LogP contribution in [0.2, 0.25) is 0 Å². The standard InChI is InChI=1S/C21H19N7/c1-22-12-17-8-13-2-3-14(10-19(13)25-17)21-23-7-6-20(27-21)26-16-4-5-18-15(9-16)11-24-28-18/h2-11,22,25H,12H2,1H3,(H,24,28)(H,23,26,27). The van der Waals surface area contributed by atoms with E-state index >= 15 is 0 Å². The van der Waals surface area contributed by atoms with Gasteiger partial charge in [-0.15, -0.1) is 0 Å². The molecule has 0 spiro atoms. The molecule has 5 aromatic rings. The van der Waals surface area contributed by atoms with Gasteiger partial charge in [0.2, 0.25) is 0 Å². The molecule has 138 valence electrons. The number of hydrogen-bond acceptors (Lipinski definition) is 5. The molecule has 28 heavy (non-hydrogen) atoms. The first kappa shape index (κ1) is 16.5. The maximum absolute atomic E-state index is 4.68. The van der Waals surface area contributed by atoms with E-state index in [4.69, 9.17) is 0 Å². The van der Waals surface area contributed by atoms with Gasteiger partial charge in [0.25, 0.3) is 0 Å². The van der Waals surface area contributed by atoms with Gasteiger partial charge in [0.15, 0.2) is 5.82 Å². The summed E-state index contributed by atoms with van der Waals surface area (Å²) in [6, 6.07) is 16.3. The number of nitrogens with one attached hydrogen (secondary N) is 4. The van der Waals surface area contributed by atoms with Gasteiger partial charge in [0, 0.05) is 40.6 Å². The summed E-state index contributed by atoms with van der Waals surface area (Å²) >= 11 is 0. The second kappa shape index (κ2) is 6.79. The molecule has 7 heteroatoms. The second-order valence-corrected chi connectivity index (χ2v) is 6.69. The molecule has 5 rings (SSSR count). The molecule has 0 unspecified atom stereocenters. The highest BCUT2D eigenvalue weighted by Gasteiger charge is 2.07. The van der Waals surface area contributed by atoms with E-state index in [0.29, 0.717) is 5.82 Å². The maximum atomic E-state index is 4.68. The van der Waals surface area contributed by atoms with Crippen molar-refractivity contribution in [2.24, 2.45) is 0 Å². The highest BCUT2D eigenvalue weighted by atomic mass is 15.1. The zero-order valence-corrected chi connectivity index (χ0v) is 15.3. The van der Waals surface area contributed by atoms with Crippen LogP contribution in [-0.2, 0) is 6.54 Å². The van der Waals surface area contributed by atoms with E-state index in [9.17, 15) is 0 Å². The summed E-state index contributed by atoms with van der Waals surface area (Å²) in [5.74, 6) is 1.43. The molecule has 0 amide bonds. The Balaban J connectivity index is 1.45. The van der Waals surface area contributed by atoms with Gasteiger partial charge in [-0.05, 0) is 48.8 Å². The number of fused-ring (bicyclic) bond motifs is 2. The summed E-state index contributed by atoms with van der Waals surface area (Å²) in [5.41, 5.74) is 5.16. The van der Waals surface area contributed by atoms with Crippen LogP contribution in [0.3, 0.4) is 0 Å². The van der Waals surface area contributed by atoms with Gasteiger partial charge in [-0.1, -0.05) is 12.1 Å². The Kier molecular flexibility index (Phi) is 3.99. The van der Waals surface area contributed by atoms with Crippen molar-refractivity contribution in [1.82, 2.24) is 30.5 Å². The smallest absolute Gasteiger partial charge is 0.161 e. The zero-order chi connectivity index (χ0) is 18.9. The van der Waals surface area contributed by atoms with E-state index in [1.807, 2.05) is 31.3 Å². The van der Waals surface area contributed by atoms with E-state index in [2.05, 4.69) is 60.0 Å². The third-order valence-electron chi connectivity index (χ3n) is 4.67. The molecule has 0 aliphatic heterocycles. The Morgan fingerprint density at radius 2 is 1.93 bits per heavy atom. The van der Waals surface area contributed by atoms with Gasteiger partial charge < -0.3 is 15.6 Å². The van der Waals surface area contributed by atoms with Crippen molar-refractivity contribution in [3.8, 4) is 11.4 Å². The lowest BCUT2D eigenvalue weighted by Gasteiger charge is -2.07. The molecule has 7 nitrogen and oxygen atoms in total. The van der Waals surface area contributed by atoms with E-state index in [-0.39, 0.29) is 0 Å². The highest BCUT2D eigenvalue weighted by Crippen LogP contribution is 2.25. The first-order chi connectivity index (χ1) is 13.8. The number of nitrogens with zero attached hydrogens (tertiary/aromatic N) is 3. The van der Waals surface area contributed by atoms with E-state index in [1.54, 1.807) is 12.4 Å². The number of rotatable bonds is 5. The first-order valence-corrected chi connectivity index (χ1v) is 9.08. The monoisotopic (exact) mass is 369 g/mol. The SMILES string of the molecule is CNCc1cc2ccc(-c3nccc(Nc4ccc5[nH]ncc5c4)n3)cc2[nH]1. The molecular weight excluding hydrogens is 350 g/mol. The van der Waals surface area contributed by atoms with Gasteiger partial charge in [-0.3, -0.25) is 5.10 Å². The quantitative estimate of drug-likeness (QED) is 0.376. The number of aromatic amines is 2. The zero-order valence-electron chi connectivity index (χ0n) is 15.3. The number of hydrogen-bond donors (Lipinski definition) is 4. The van der Waals surface area contributed by atoms with E-state index < -0.39 is 0 Å². The van der Waals surface area contributed by atoms with Gasteiger partial charge in [0.1, 0.15) is 5.82 Å². The fourth-order valence-electron chi connectivity index (χ4n) is 3.35. The Morgan fingerprint density at radius 1 is 0.964 bits per heavy atom. The second-order valence-electron chi connectivity index (χ2n) is 6.69. The minimum absolute atomic E-state index is 0.682. The topological polar surface area (TPSA) is 94.3 Å². The van der Waals surface area contributed by atoms with Crippen LogP contribution in [0, 0.1) is 0 Å². The highest BCUT2D eigenvalue weighted by molar-refractivity contribution is 5.85. The third kappa shape index (κ3) is 3.08. The van der Waals surface area contributed by atoms with Crippen molar-refractivity contribution >= 4 is 33.3 Å². The number of anilines is 2. The van der Waals surface area contributed by atoms with Crippen LogP contribution in [0.15, 0.2) is 60.9 Å². The molecule has 0 saturated heterocycles. The van der Waals surface area contributed by atoms with Crippen LogP contribution in [0.4, 0.5) is 11.5 Å². The summed E-state index contributed by atoms with van der Waals surface area (Å²) in [6.07, 6.45) is 3.58. The van der Waals surface area contributed by atoms with Crippen LogP contribution < -0.4 is 10.6 Å². The molecule has 3 aromatic heterocycles. The van der Waals surface area contributed by atoms with Crippen molar-refractivity contribution in [2.45, 2.75) is 6.54 Å². The summed E-state index contributed by atoms with van der Waals surface area (Å²) in [7, 11) is 1.94. The predicted octanol–water partition coefficient (Wildman–Crippen LogP) is 3.96. The van der Waals surface area contributed by atoms with Crippen LogP contribution in [0.5, 0.6) is 0 Å². The van der Waals surface area contributed by atoms with Gasteiger partial charge >= 0.3 is 0 Å². The van der Waals surface area contributed by atoms with Crippen LogP contribution in [0.25, 0.3) is 33.2 Å². The Bertz CT molecular complexity index is 1270. The lowest BCUT2D eigenvalue weighted by Crippen LogP contribution is -2.04. The average Bonchev–Trinajstić information content (AvgIpc) is 3.33. The summed E-state index contributed by atoms with van der Waals surface area (Å²) in [4.78, 5) is 12.6. The average molecular weight is 369 g/mol. The molecule has 0 fully saturated rings. The summed E-state index contributed by atoms with van der Waals surface area (Å²) in [6.45, 7) is 0.806. The Hall–Kier alpha value is -3.71. The minimum Gasteiger partial charge on any atom is -0.357 e. The largest absolute Gasteiger partial charge is 0.357 e. The van der Waals surface area contributed by atoms with Gasteiger partial charge in [-0.2, -0.15) is 5.10 Å². The van der Waals surface area contributed by atoms with Crippen molar-refractivity contribution in [3.63, 3.8) is 0 Å². The molecule has 0 saturated carbocycles. The van der Waals surface area contributed by atoms with Gasteiger partial charge in [-0.25, -0.2) is 9.97 Å². The van der Waals surface area contributed by atoms with E-state index in [0.717, 1.165) is 45.7 Å². The molecule has 3 heterocycles. The fourth-order valence-corrected chi connectivity index (χ4v) is 3.35. The molecule has 0 aliphatic carbocycles. The number of H-pyrrole nitrogens is 2. The molecule has 0 bridgehead atoms. The van der Waals surface area contributed by atoms with Crippen molar-refractivity contribution in [1.29, 1.82) is 0 Å². The molecule has 0 atom stereocenters. The normalized spacial score (nSPS) is 11.3. The van der Waals surface area contributed by atoms with Crippen molar-refractivity contribution in [3.05, 3.63) is 66.6 Å². The molecule has 0 aliphatic rings. The van der Waals surface area contributed by atoms with Crippen molar-refractivity contribution in [2.75, 3.05) is 12.4 Å².